The zero-order valence-electron chi connectivity index (χ0n) is 24.7. The van der Waals surface area contributed by atoms with Crippen molar-refractivity contribution in [1.29, 1.82) is 0 Å². The first-order valence-electron chi connectivity index (χ1n) is 14.9. The van der Waals surface area contributed by atoms with Crippen LogP contribution in [0.25, 0.3) is 0 Å². The van der Waals surface area contributed by atoms with E-state index in [-0.39, 0.29) is 30.4 Å². The predicted molar refractivity (Wildman–Crippen MR) is 159 cm³/mol. The molecule has 3 heterocycles. The molecular weight excluding hydrogens is 538 g/mol. The summed E-state index contributed by atoms with van der Waals surface area (Å²) in [4.78, 5) is 52.8. The first-order valence-corrected chi connectivity index (χ1v) is 14.9. The minimum absolute atomic E-state index is 0.0283. The van der Waals surface area contributed by atoms with Crippen molar-refractivity contribution < 1.29 is 23.9 Å². The summed E-state index contributed by atoms with van der Waals surface area (Å²) in [5.74, 6) is 1.31. The fourth-order valence-corrected chi connectivity index (χ4v) is 6.02. The van der Waals surface area contributed by atoms with E-state index in [1.807, 2.05) is 0 Å². The summed E-state index contributed by atoms with van der Waals surface area (Å²) >= 11 is 0. The summed E-state index contributed by atoms with van der Waals surface area (Å²) in [6.45, 7) is 4.53. The number of amides is 2. The highest BCUT2D eigenvalue weighted by atomic mass is 16.5. The maximum Gasteiger partial charge on any atom is 0.320 e. The SMILES string of the molecule is CCOC(=O)CN1CCC(NC(=O)c2ccc(Nc3ncc4c(n3)N(C3CCCC3)CCC(=O)N4C)c(OC)c2)CC1. The summed E-state index contributed by atoms with van der Waals surface area (Å²) in [5.41, 5.74) is 1.83. The third-order valence-electron chi connectivity index (χ3n) is 8.38. The Morgan fingerprint density at radius 2 is 1.86 bits per heavy atom. The van der Waals surface area contributed by atoms with Gasteiger partial charge >= 0.3 is 5.97 Å². The highest BCUT2D eigenvalue weighted by Crippen LogP contribution is 2.37. The summed E-state index contributed by atoms with van der Waals surface area (Å²) in [5, 5.41) is 6.37. The second-order valence-electron chi connectivity index (χ2n) is 11.1. The van der Waals surface area contributed by atoms with Gasteiger partial charge in [-0.2, -0.15) is 4.98 Å². The van der Waals surface area contributed by atoms with Gasteiger partial charge in [0.2, 0.25) is 11.9 Å². The number of carbonyl (C=O) groups excluding carboxylic acids is 3. The fraction of sp³-hybridized carbons (Fsp3) is 0.567. The number of anilines is 4. The summed E-state index contributed by atoms with van der Waals surface area (Å²) in [6, 6.07) is 5.63. The van der Waals surface area contributed by atoms with Crippen LogP contribution in [0.1, 0.15) is 62.2 Å². The molecule has 42 heavy (non-hydrogen) atoms. The molecule has 2 N–H and O–H groups in total. The van der Waals surface area contributed by atoms with Crippen molar-refractivity contribution in [3.05, 3.63) is 30.0 Å². The molecule has 1 aromatic heterocycles. The van der Waals surface area contributed by atoms with Crippen molar-refractivity contribution in [2.75, 3.05) is 62.1 Å². The van der Waals surface area contributed by atoms with E-state index in [0.717, 1.165) is 44.6 Å². The molecule has 2 aliphatic heterocycles. The Kier molecular flexibility index (Phi) is 9.41. The minimum Gasteiger partial charge on any atom is -0.495 e. The number of likely N-dealkylation sites (tertiary alicyclic amines) is 1. The van der Waals surface area contributed by atoms with Crippen molar-refractivity contribution in [3.63, 3.8) is 0 Å². The van der Waals surface area contributed by atoms with E-state index >= 15 is 0 Å². The number of hydrogen-bond donors (Lipinski definition) is 2. The van der Waals surface area contributed by atoms with Gasteiger partial charge in [0.25, 0.3) is 5.91 Å². The van der Waals surface area contributed by atoms with Crippen molar-refractivity contribution in [1.82, 2.24) is 20.2 Å². The smallest absolute Gasteiger partial charge is 0.320 e. The molecule has 0 spiro atoms. The Morgan fingerprint density at radius 3 is 2.57 bits per heavy atom. The molecule has 12 nitrogen and oxygen atoms in total. The van der Waals surface area contributed by atoms with E-state index in [1.54, 1.807) is 50.4 Å². The van der Waals surface area contributed by atoms with Gasteiger partial charge in [-0.1, -0.05) is 12.8 Å². The Balaban J connectivity index is 1.26. The molecule has 3 aliphatic rings. The van der Waals surface area contributed by atoms with Gasteiger partial charge in [0.1, 0.15) is 11.4 Å². The number of aromatic nitrogens is 2. The maximum atomic E-state index is 13.1. The lowest BCUT2D eigenvalue weighted by atomic mass is 10.0. The number of rotatable bonds is 9. The normalized spacial score (nSPS) is 18.4. The number of nitrogens with zero attached hydrogens (tertiary/aromatic N) is 5. The summed E-state index contributed by atoms with van der Waals surface area (Å²) < 4.78 is 10.7. The van der Waals surface area contributed by atoms with Gasteiger partial charge < -0.3 is 29.9 Å². The quantitative estimate of drug-likeness (QED) is 0.428. The zero-order valence-corrected chi connectivity index (χ0v) is 24.7. The van der Waals surface area contributed by atoms with Crippen molar-refractivity contribution >= 4 is 40.9 Å². The summed E-state index contributed by atoms with van der Waals surface area (Å²) in [7, 11) is 3.33. The van der Waals surface area contributed by atoms with Crippen molar-refractivity contribution in [3.8, 4) is 5.75 Å². The third-order valence-corrected chi connectivity index (χ3v) is 8.38. The molecule has 2 fully saturated rings. The molecule has 1 saturated heterocycles. The number of methoxy groups -OCH3 is 1. The van der Waals surface area contributed by atoms with Crippen LogP contribution < -0.4 is 25.2 Å². The number of ether oxygens (including phenoxy) is 2. The van der Waals surface area contributed by atoms with Crippen LogP contribution in [0.15, 0.2) is 24.4 Å². The summed E-state index contributed by atoms with van der Waals surface area (Å²) in [6.07, 6.45) is 8.21. The molecule has 226 valence electrons. The fourth-order valence-electron chi connectivity index (χ4n) is 6.02. The molecular formula is C30H41N7O5. The van der Waals surface area contributed by atoms with Gasteiger partial charge in [0.15, 0.2) is 5.82 Å². The van der Waals surface area contributed by atoms with E-state index in [0.29, 0.717) is 54.3 Å². The number of hydrogen-bond acceptors (Lipinski definition) is 10. The first kappa shape index (κ1) is 29.6. The highest BCUT2D eigenvalue weighted by Gasteiger charge is 2.32. The number of nitrogens with one attached hydrogen (secondary N) is 2. The maximum absolute atomic E-state index is 13.1. The number of piperidine rings is 1. The van der Waals surface area contributed by atoms with Gasteiger partial charge in [0, 0.05) is 50.7 Å². The van der Waals surface area contributed by atoms with E-state index in [4.69, 9.17) is 14.5 Å². The van der Waals surface area contributed by atoms with Crippen LogP contribution in [0, 0.1) is 0 Å². The number of esters is 1. The molecule has 0 atom stereocenters. The molecule has 0 unspecified atom stereocenters. The molecule has 0 bridgehead atoms. The van der Waals surface area contributed by atoms with Gasteiger partial charge in [-0.05, 0) is 50.8 Å². The molecule has 2 amide bonds. The second-order valence-corrected chi connectivity index (χ2v) is 11.1. The lowest BCUT2D eigenvalue weighted by Gasteiger charge is -2.31. The van der Waals surface area contributed by atoms with Gasteiger partial charge in [-0.3, -0.25) is 19.3 Å². The Bertz CT molecular complexity index is 1290. The van der Waals surface area contributed by atoms with E-state index < -0.39 is 0 Å². The van der Waals surface area contributed by atoms with Crippen LogP contribution >= 0.6 is 0 Å². The third kappa shape index (κ3) is 6.75. The Morgan fingerprint density at radius 1 is 1.10 bits per heavy atom. The minimum atomic E-state index is -0.217. The van der Waals surface area contributed by atoms with Crippen LogP contribution in [-0.4, -0.2) is 91.7 Å². The van der Waals surface area contributed by atoms with Gasteiger partial charge in [-0.15, -0.1) is 0 Å². The largest absolute Gasteiger partial charge is 0.495 e. The van der Waals surface area contributed by atoms with Crippen molar-refractivity contribution in [2.45, 2.75) is 64.0 Å². The first-order chi connectivity index (χ1) is 20.4. The van der Waals surface area contributed by atoms with Crippen LogP contribution in [0.4, 0.5) is 23.1 Å². The van der Waals surface area contributed by atoms with Crippen LogP contribution in [0.5, 0.6) is 5.75 Å². The lowest BCUT2D eigenvalue weighted by molar-refractivity contribution is -0.144. The van der Waals surface area contributed by atoms with Crippen LogP contribution in [-0.2, 0) is 14.3 Å². The van der Waals surface area contributed by atoms with Crippen LogP contribution in [0.2, 0.25) is 0 Å². The molecule has 1 saturated carbocycles. The lowest BCUT2D eigenvalue weighted by Crippen LogP contribution is -2.46. The molecule has 5 rings (SSSR count). The average molecular weight is 580 g/mol. The Hall–Kier alpha value is -3.93. The van der Waals surface area contributed by atoms with Gasteiger partial charge in [0.05, 0.1) is 32.1 Å². The van der Waals surface area contributed by atoms with Gasteiger partial charge in [-0.25, -0.2) is 4.98 Å². The second kappa shape index (κ2) is 13.4. The molecule has 12 heteroatoms. The molecule has 0 radical (unpaired) electrons. The molecule has 1 aromatic carbocycles. The van der Waals surface area contributed by atoms with Crippen LogP contribution in [0.3, 0.4) is 0 Å². The monoisotopic (exact) mass is 579 g/mol. The molecule has 1 aliphatic carbocycles. The van der Waals surface area contributed by atoms with E-state index in [1.165, 1.54) is 12.8 Å². The standard InChI is InChI=1S/C30H41N7O5/c1-4-42-27(39)19-36-14-11-21(12-15-36)32-29(40)20-9-10-23(25(17-20)41-3)33-30-31-18-24-28(34-30)37(22-7-5-6-8-22)16-13-26(38)35(24)2/h9-10,17-18,21-22H,4-8,11-16,19H2,1-3H3,(H,32,40)(H,31,33,34). The number of carbonyl (C=O) groups is 3. The Labute approximate surface area is 246 Å². The number of benzene rings is 1. The molecule has 2 aromatic rings. The predicted octanol–water partition coefficient (Wildman–Crippen LogP) is 3.10. The van der Waals surface area contributed by atoms with E-state index in [2.05, 4.69) is 25.4 Å². The van der Waals surface area contributed by atoms with E-state index in [9.17, 15) is 14.4 Å². The zero-order chi connectivity index (χ0) is 29.6. The number of fused-ring (bicyclic) bond motifs is 1. The average Bonchev–Trinajstić information content (AvgIpc) is 3.49. The topological polar surface area (TPSA) is 129 Å². The highest BCUT2D eigenvalue weighted by molar-refractivity contribution is 5.97. The van der Waals surface area contributed by atoms with Crippen molar-refractivity contribution in [2.24, 2.45) is 0 Å².